The Balaban J connectivity index is -0.000000450. The molecule has 0 bridgehead atoms. The maximum Gasteiger partial charge on any atom is 0.312 e. The Kier molecular flexibility index (Phi) is 19.8. The van der Waals surface area contributed by atoms with Crippen molar-refractivity contribution in [2.75, 3.05) is 13.1 Å². The third-order valence-corrected chi connectivity index (χ3v) is 2.44. The highest BCUT2D eigenvalue weighted by molar-refractivity contribution is 5.90. The molecule has 0 saturated carbocycles. The number of carbonyl (C=O) groups is 4. The van der Waals surface area contributed by atoms with E-state index in [0.29, 0.717) is 6.54 Å². The Morgan fingerprint density at radius 3 is 1.84 bits per heavy atom. The zero-order valence-corrected chi connectivity index (χ0v) is 16.1. The SMILES string of the molecule is CC.CC(=O)NC(C(=O)NCC(=O)NN)C(C)C.CCCNC(N)=O. The summed E-state index contributed by atoms with van der Waals surface area (Å²) in [5.41, 5.74) is 6.62. The zero-order chi connectivity index (χ0) is 20.4. The molecule has 25 heavy (non-hydrogen) atoms. The van der Waals surface area contributed by atoms with Crippen molar-refractivity contribution in [3.8, 4) is 0 Å². The predicted octanol–water partition coefficient (Wildman–Crippen LogP) is -0.656. The molecule has 0 saturated heterocycles. The van der Waals surface area contributed by atoms with E-state index in [9.17, 15) is 19.2 Å². The minimum Gasteiger partial charge on any atom is -0.352 e. The molecular formula is C15H34N6O4. The van der Waals surface area contributed by atoms with Gasteiger partial charge >= 0.3 is 6.03 Å². The Labute approximate surface area is 149 Å². The first kappa shape index (κ1) is 27.5. The second kappa shape index (κ2) is 18.0. The van der Waals surface area contributed by atoms with Crippen molar-refractivity contribution < 1.29 is 19.2 Å². The number of primary amides is 1. The molecule has 1 unspecified atom stereocenters. The molecule has 1 atom stereocenters. The number of nitrogens with two attached hydrogens (primary N) is 2. The van der Waals surface area contributed by atoms with Crippen LogP contribution in [0.5, 0.6) is 0 Å². The molecule has 0 aliphatic rings. The van der Waals surface area contributed by atoms with Gasteiger partial charge in [-0.25, -0.2) is 10.6 Å². The molecule has 0 fully saturated rings. The Bertz CT molecular complexity index is 401. The number of rotatable bonds is 7. The van der Waals surface area contributed by atoms with Crippen LogP contribution in [0.2, 0.25) is 0 Å². The highest BCUT2D eigenvalue weighted by atomic mass is 16.2. The van der Waals surface area contributed by atoms with Gasteiger partial charge in [-0.1, -0.05) is 34.6 Å². The van der Waals surface area contributed by atoms with E-state index in [-0.39, 0.29) is 18.4 Å². The standard InChI is InChI=1S/C9H18N4O3.C4H10N2O.C2H6/c1-5(2)8(12-6(3)14)9(16)11-4-7(15)13-10;1-2-3-6-4(5)7;1-2/h5,8H,4,10H2,1-3H3,(H,11,16)(H,12,14)(H,13,15);2-3H2,1H3,(H3,5,6,7);1-2H3. The fourth-order valence-corrected chi connectivity index (χ4v) is 1.33. The lowest BCUT2D eigenvalue weighted by Gasteiger charge is -2.20. The van der Waals surface area contributed by atoms with Crippen LogP contribution >= 0.6 is 0 Å². The maximum absolute atomic E-state index is 11.6. The summed E-state index contributed by atoms with van der Waals surface area (Å²) in [6, 6.07) is -1.09. The first-order valence-corrected chi connectivity index (χ1v) is 8.23. The van der Waals surface area contributed by atoms with Crippen molar-refractivity contribution in [2.45, 2.75) is 54.0 Å². The first-order chi connectivity index (χ1) is 11.6. The van der Waals surface area contributed by atoms with Gasteiger partial charge in [0.05, 0.1) is 6.54 Å². The quantitative estimate of drug-likeness (QED) is 0.200. The molecule has 0 aliphatic heterocycles. The lowest BCUT2D eigenvalue weighted by molar-refractivity contribution is -0.130. The van der Waals surface area contributed by atoms with Crippen molar-refractivity contribution in [2.24, 2.45) is 17.5 Å². The summed E-state index contributed by atoms with van der Waals surface area (Å²) in [6.45, 7) is 11.4. The van der Waals surface area contributed by atoms with E-state index >= 15 is 0 Å². The summed E-state index contributed by atoms with van der Waals surface area (Å²) in [4.78, 5) is 43.1. The van der Waals surface area contributed by atoms with Crippen molar-refractivity contribution in [1.82, 2.24) is 21.4 Å². The van der Waals surface area contributed by atoms with Crippen LogP contribution in [0.25, 0.3) is 0 Å². The minimum absolute atomic E-state index is 0.0650. The van der Waals surface area contributed by atoms with Gasteiger partial charge in [0.2, 0.25) is 11.8 Å². The van der Waals surface area contributed by atoms with Crippen LogP contribution in [0, 0.1) is 5.92 Å². The van der Waals surface area contributed by atoms with Gasteiger partial charge in [-0.05, 0) is 12.3 Å². The molecule has 0 heterocycles. The molecule has 148 valence electrons. The Hall–Kier alpha value is -2.36. The van der Waals surface area contributed by atoms with Gasteiger partial charge < -0.3 is 21.7 Å². The molecule has 10 heteroatoms. The monoisotopic (exact) mass is 362 g/mol. The number of nitrogens with one attached hydrogen (secondary N) is 4. The third-order valence-electron chi connectivity index (χ3n) is 2.44. The predicted molar refractivity (Wildman–Crippen MR) is 97.0 cm³/mol. The molecule has 0 aromatic rings. The molecular weight excluding hydrogens is 328 g/mol. The van der Waals surface area contributed by atoms with E-state index in [1.54, 1.807) is 13.8 Å². The molecule has 0 spiro atoms. The van der Waals surface area contributed by atoms with Gasteiger partial charge in [-0.3, -0.25) is 19.8 Å². The largest absolute Gasteiger partial charge is 0.352 e. The van der Waals surface area contributed by atoms with Crippen LogP contribution < -0.4 is 33.0 Å². The number of carbonyl (C=O) groups excluding carboxylic acids is 4. The van der Waals surface area contributed by atoms with Gasteiger partial charge in [0.1, 0.15) is 6.04 Å². The smallest absolute Gasteiger partial charge is 0.312 e. The van der Waals surface area contributed by atoms with Gasteiger partial charge in [-0.2, -0.15) is 0 Å². The van der Waals surface area contributed by atoms with E-state index in [1.807, 2.05) is 26.2 Å². The molecule has 0 aliphatic carbocycles. The Morgan fingerprint density at radius 1 is 1.04 bits per heavy atom. The first-order valence-electron chi connectivity index (χ1n) is 8.23. The second-order valence-electron chi connectivity index (χ2n) is 5.00. The summed E-state index contributed by atoms with van der Waals surface area (Å²) in [5, 5.41) is 7.32. The molecule has 5 amide bonds. The molecule has 10 nitrogen and oxygen atoms in total. The molecule has 0 aromatic carbocycles. The second-order valence-corrected chi connectivity index (χ2v) is 5.00. The van der Waals surface area contributed by atoms with E-state index in [4.69, 9.17) is 11.6 Å². The highest BCUT2D eigenvalue weighted by Crippen LogP contribution is 2.01. The number of hydrazine groups is 1. The summed E-state index contributed by atoms with van der Waals surface area (Å²) >= 11 is 0. The molecule has 0 radical (unpaired) electrons. The summed E-state index contributed by atoms with van der Waals surface area (Å²) in [6.07, 6.45) is 0.933. The number of hydrogen-bond donors (Lipinski definition) is 6. The zero-order valence-electron chi connectivity index (χ0n) is 16.1. The van der Waals surface area contributed by atoms with Crippen LogP contribution in [0.1, 0.15) is 48.0 Å². The molecule has 0 rings (SSSR count). The lowest BCUT2D eigenvalue weighted by atomic mass is 10.0. The summed E-state index contributed by atoms with van der Waals surface area (Å²) in [7, 11) is 0. The fourth-order valence-electron chi connectivity index (χ4n) is 1.33. The normalized spacial score (nSPS) is 10.1. The minimum atomic E-state index is -0.650. The van der Waals surface area contributed by atoms with E-state index in [1.165, 1.54) is 6.92 Å². The number of amides is 5. The van der Waals surface area contributed by atoms with E-state index < -0.39 is 23.9 Å². The highest BCUT2D eigenvalue weighted by Gasteiger charge is 2.22. The van der Waals surface area contributed by atoms with Crippen LogP contribution in [0.3, 0.4) is 0 Å². The topological polar surface area (TPSA) is 168 Å². The van der Waals surface area contributed by atoms with Crippen molar-refractivity contribution in [3.05, 3.63) is 0 Å². The van der Waals surface area contributed by atoms with Crippen LogP contribution in [-0.2, 0) is 14.4 Å². The van der Waals surface area contributed by atoms with Crippen LogP contribution in [0.4, 0.5) is 4.79 Å². The van der Waals surface area contributed by atoms with Gasteiger partial charge in [-0.15, -0.1) is 0 Å². The summed E-state index contributed by atoms with van der Waals surface area (Å²) < 4.78 is 0. The lowest BCUT2D eigenvalue weighted by Crippen LogP contribution is -2.51. The van der Waals surface area contributed by atoms with Crippen LogP contribution in [-0.4, -0.2) is 42.9 Å². The summed E-state index contributed by atoms with van der Waals surface area (Å²) in [5.74, 6) is 3.59. The molecule has 0 aromatic heterocycles. The number of urea groups is 1. The van der Waals surface area contributed by atoms with E-state index in [2.05, 4.69) is 16.0 Å². The van der Waals surface area contributed by atoms with Gasteiger partial charge in [0.15, 0.2) is 0 Å². The molecule has 8 N–H and O–H groups in total. The van der Waals surface area contributed by atoms with Crippen LogP contribution in [0.15, 0.2) is 0 Å². The average molecular weight is 362 g/mol. The van der Waals surface area contributed by atoms with Gasteiger partial charge in [0, 0.05) is 13.5 Å². The third kappa shape index (κ3) is 19.6. The maximum atomic E-state index is 11.6. The average Bonchev–Trinajstić information content (AvgIpc) is 2.57. The van der Waals surface area contributed by atoms with Crippen molar-refractivity contribution in [3.63, 3.8) is 0 Å². The van der Waals surface area contributed by atoms with Crippen molar-refractivity contribution in [1.29, 1.82) is 0 Å². The fraction of sp³-hybridized carbons (Fsp3) is 0.733. The van der Waals surface area contributed by atoms with Crippen molar-refractivity contribution >= 4 is 23.8 Å². The Morgan fingerprint density at radius 2 is 1.56 bits per heavy atom. The van der Waals surface area contributed by atoms with Gasteiger partial charge in [0.25, 0.3) is 5.91 Å². The number of hydrogen-bond acceptors (Lipinski definition) is 5. The van der Waals surface area contributed by atoms with E-state index in [0.717, 1.165) is 6.42 Å².